The van der Waals surface area contributed by atoms with Crippen LogP contribution in [0, 0.1) is 6.92 Å². The van der Waals surface area contributed by atoms with Gasteiger partial charge in [0.15, 0.2) is 5.78 Å². The zero-order chi connectivity index (χ0) is 18.9. The number of ketones is 1. The van der Waals surface area contributed by atoms with Crippen LogP contribution < -0.4 is 10.6 Å². The van der Waals surface area contributed by atoms with Gasteiger partial charge in [-0.05, 0) is 31.5 Å². The van der Waals surface area contributed by atoms with Gasteiger partial charge in [-0.1, -0.05) is 19.9 Å². The second kappa shape index (κ2) is 9.69. The first-order valence-corrected chi connectivity index (χ1v) is 7.33. The molecule has 0 aliphatic heterocycles. The first-order valence-electron chi connectivity index (χ1n) is 7.33. The lowest BCUT2D eigenvalue weighted by molar-refractivity contribution is -0.137. The molecular formula is C16H21F3N2O3. The number of carbonyl (C=O) groups is 3. The predicted molar refractivity (Wildman–Crippen MR) is 83.9 cm³/mol. The standard InChI is InChI=1S/C14H15F3N2O3.C2H6/c1-8-5-10(9(2)20)3-4-11(8)13(22)18-6-12(21)19-7-14(15,16)17;1-2/h3-5H,6-7H2,1-2H3,(H,18,22)(H,19,21);1-2H3. The maximum atomic E-state index is 11.9. The van der Waals surface area contributed by atoms with Gasteiger partial charge in [0.05, 0.1) is 6.54 Å². The molecule has 134 valence electrons. The number of aryl methyl sites for hydroxylation is 1. The molecule has 0 radical (unpaired) electrons. The van der Waals surface area contributed by atoms with Gasteiger partial charge in [-0.15, -0.1) is 0 Å². The number of alkyl halides is 3. The molecule has 0 aliphatic rings. The average molecular weight is 346 g/mol. The van der Waals surface area contributed by atoms with Gasteiger partial charge in [-0.3, -0.25) is 14.4 Å². The number of amides is 2. The first-order chi connectivity index (χ1) is 11.1. The highest BCUT2D eigenvalue weighted by Gasteiger charge is 2.27. The summed E-state index contributed by atoms with van der Waals surface area (Å²) in [5.41, 5.74) is 1.21. The number of halogens is 3. The number of hydrogen-bond acceptors (Lipinski definition) is 3. The summed E-state index contributed by atoms with van der Waals surface area (Å²) >= 11 is 0. The summed E-state index contributed by atoms with van der Waals surface area (Å²) in [5, 5.41) is 3.87. The fourth-order valence-corrected chi connectivity index (χ4v) is 1.65. The van der Waals surface area contributed by atoms with Crippen LogP contribution in [0.2, 0.25) is 0 Å². The summed E-state index contributed by atoms with van der Waals surface area (Å²) in [6.07, 6.45) is -4.50. The number of rotatable bonds is 5. The van der Waals surface area contributed by atoms with Crippen LogP contribution in [0.25, 0.3) is 0 Å². The van der Waals surface area contributed by atoms with Crippen molar-refractivity contribution in [2.75, 3.05) is 13.1 Å². The summed E-state index contributed by atoms with van der Waals surface area (Å²) in [4.78, 5) is 34.2. The lowest BCUT2D eigenvalue weighted by Gasteiger charge is -2.10. The molecule has 24 heavy (non-hydrogen) atoms. The van der Waals surface area contributed by atoms with Gasteiger partial charge < -0.3 is 10.6 Å². The van der Waals surface area contributed by atoms with E-state index in [4.69, 9.17) is 0 Å². The van der Waals surface area contributed by atoms with Crippen LogP contribution in [0.4, 0.5) is 13.2 Å². The van der Waals surface area contributed by atoms with Gasteiger partial charge in [0.25, 0.3) is 5.91 Å². The summed E-state index contributed by atoms with van der Waals surface area (Å²) in [6.45, 7) is 4.99. The molecule has 5 nitrogen and oxygen atoms in total. The van der Waals surface area contributed by atoms with Crippen molar-refractivity contribution in [1.29, 1.82) is 0 Å². The Kier molecular flexibility index (Phi) is 8.73. The minimum Gasteiger partial charge on any atom is -0.345 e. The molecule has 0 spiro atoms. The van der Waals surface area contributed by atoms with E-state index >= 15 is 0 Å². The number of Topliss-reactive ketones (excluding diaryl/α,β-unsaturated/α-hetero) is 1. The van der Waals surface area contributed by atoms with Crippen molar-refractivity contribution in [3.63, 3.8) is 0 Å². The molecule has 1 aromatic carbocycles. The van der Waals surface area contributed by atoms with E-state index in [0.29, 0.717) is 11.1 Å². The van der Waals surface area contributed by atoms with Crippen molar-refractivity contribution in [2.45, 2.75) is 33.9 Å². The lowest BCUT2D eigenvalue weighted by Crippen LogP contribution is -2.41. The fraction of sp³-hybridized carbons (Fsp3) is 0.438. The topological polar surface area (TPSA) is 75.3 Å². The molecule has 2 N–H and O–H groups in total. The normalized spacial score (nSPS) is 10.3. The molecule has 2 amide bonds. The van der Waals surface area contributed by atoms with Crippen molar-refractivity contribution >= 4 is 17.6 Å². The van der Waals surface area contributed by atoms with Crippen LogP contribution in [-0.4, -0.2) is 36.9 Å². The number of carbonyl (C=O) groups excluding carboxylic acids is 3. The monoisotopic (exact) mass is 346 g/mol. The Hall–Kier alpha value is -2.38. The Labute approximate surface area is 138 Å². The Morgan fingerprint density at radius 3 is 2.12 bits per heavy atom. The first kappa shape index (κ1) is 21.6. The molecule has 0 heterocycles. The van der Waals surface area contributed by atoms with E-state index in [1.54, 1.807) is 12.2 Å². The summed E-state index contributed by atoms with van der Waals surface area (Å²) in [7, 11) is 0. The minimum absolute atomic E-state index is 0.151. The Bertz CT molecular complexity index is 599. The molecule has 0 bridgehead atoms. The maximum Gasteiger partial charge on any atom is 0.405 e. The molecule has 0 atom stereocenters. The van der Waals surface area contributed by atoms with Crippen molar-refractivity contribution in [2.24, 2.45) is 0 Å². The van der Waals surface area contributed by atoms with E-state index in [-0.39, 0.29) is 11.3 Å². The Morgan fingerprint density at radius 1 is 1.08 bits per heavy atom. The van der Waals surface area contributed by atoms with E-state index in [1.807, 2.05) is 13.8 Å². The number of nitrogens with one attached hydrogen (secondary N) is 2. The van der Waals surface area contributed by atoms with Gasteiger partial charge in [-0.25, -0.2) is 0 Å². The van der Waals surface area contributed by atoms with E-state index < -0.39 is 31.1 Å². The number of benzene rings is 1. The van der Waals surface area contributed by atoms with Crippen LogP contribution in [-0.2, 0) is 4.79 Å². The molecule has 8 heteroatoms. The van der Waals surface area contributed by atoms with Gasteiger partial charge in [0, 0.05) is 11.1 Å². The third-order valence-electron chi connectivity index (χ3n) is 2.77. The second-order valence-electron chi connectivity index (χ2n) is 4.66. The molecule has 0 fully saturated rings. The van der Waals surface area contributed by atoms with Gasteiger partial charge in [0.1, 0.15) is 6.54 Å². The van der Waals surface area contributed by atoms with Gasteiger partial charge in [0.2, 0.25) is 5.91 Å². The van der Waals surface area contributed by atoms with Gasteiger partial charge >= 0.3 is 6.18 Å². The zero-order valence-corrected chi connectivity index (χ0v) is 14.0. The maximum absolute atomic E-state index is 11.9. The average Bonchev–Trinajstić information content (AvgIpc) is 2.51. The lowest BCUT2D eigenvalue weighted by atomic mass is 10.0. The molecule has 1 aromatic rings. The summed E-state index contributed by atoms with van der Waals surface area (Å²) < 4.78 is 35.7. The van der Waals surface area contributed by atoms with Crippen molar-refractivity contribution < 1.29 is 27.6 Å². The van der Waals surface area contributed by atoms with E-state index in [0.717, 1.165) is 0 Å². The summed E-state index contributed by atoms with van der Waals surface area (Å²) in [5.74, 6) is -1.69. The zero-order valence-electron chi connectivity index (χ0n) is 14.0. The van der Waals surface area contributed by atoms with Crippen LogP contribution in [0.3, 0.4) is 0 Å². The number of hydrogen-bond donors (Lipinski definition) is 2. The molecular weight excluding hydrogens is 325 g/mol. The quantitative estimate of drug-likeness (QED) is 0.805. The highest BCUT2D eigenvalue weighted by Crippen LogP contribution is 2.12. The molecule has 0 saturated heterocycles. The Balaban J connectivity index is 0.00000254. The van der Waals surface area contributed by atoms with Gasteiger partial charge in [-0.2, -0.15) is 13.2 Å². The molecule has 1 rings (SSSR count). The Morgan fingerprint density at radius 2 is 1.67 bits per heavy atom. The smallest absolute Gasteiger partial charge is 0.345 e. The molecule has 0 aromatic heterocycles. The second-order valence-corrected chi connectivity index (χ2v) is 4.66. The molecule has 0 unspecified atom stereocenters. The molecule has 0 saturated carbocycles. The van der Waals surface area contributed by atoms with Crippen LogP contribution in [0.5, 0.6) is 0 Å². The minimum atomic E-state index is -4.50. The van der Waals surface area contributed by atoms with E-state index in [1.165, 1.54) is 25.1 Å². The summed E-state index contributed by atoms with van der Waals surface area (Å²) in [6, 6.07) is 4.42. The highest BCUT2D eigenvalue weighted by molar-refractivity contribution is 6.00. The predicted octanol–water partition coefficient (Wildman–Crippen LogP) is 2.63. The van der Waals surface area contributed by atoms with E-state index in [9.17, 15) is 27.6 Å². The van der Waals surface area contributed by atoms with Crippen molar-refractivity contribution in [3.05, 3.63) is 34.9 Å². The SMILES string of the molecule is CC.CC(=O)c1ccc(C(=O)NCC(=O)NCC(F)(F)F)c(C)c1. The third kappa shape index (κ3) is 7.75. The largest absolute Gasteiger partial charge is 0.405 e. The molecule has 0 aliphatic carbocycles. The van der Waals surface area contributed by atoms with Crippen LogP contribution in [0.1, 0.15) is 47.1 Å². The van der Waals surface area contributed by atoms with Crippen molar-refractivity contribution in [1.82, 2.24) is 10.6 Å². The van der Waals surface area contributed by atoms with Crippen LogP contribution in [0.15, 0.2) is 18.2 Å². The van der Waals surface area contributed by atoms with Crippen molar-refractivity contribution in [3.8, 4) is 0 Å². The highest BCUT2D eigenvalue weighted by atomic mass is 19.4. The fourth-order valence-electron chi connectivity index (χ4n) is 1.65. The third-order valence-corrected chi connectivity index (χ3v) is 2.77. The van der Waals surface area contributed by atoms with Crippen LogP contribution >= 0.6 is 0 Å². The van der Waals surface area contributed by atoms with E-state index in [2.05, 4.69) is 5.32 Å².